The molecule has 0 spiro atoms. The van der Waals surface area contributed by atoms with Gasteiger partial charge in [-0.3, -0.25) is 34.1 Å². The monoisotopic (exact) mass is 945 g/mol. The first-order valence-corrected chi connectivity index (χ1v) is 23.9. The summed E-state index contributed by atoms with van der Waals surface area (Å²) in [6.07, 6.45) is -3.33. The number of likely N-dealkylation sites (N-methyl/N-ethyl adjacent to an activating group) is 1. The summed E-state index contributed by atoms with van der Waals surface area (Å²) in [7, 11) is 2.96. The van der Waals surface area contributed by atoms with Crippen LogP contribution >= 0.6 is 0 Å². The van der Waals surface area contributed by atoms with Crippen LogP contribution < -0.4 is 26.4 Å². The van der Waals surface area contributed by atoms with E-state index >= 15 is 0 Å². The number of amides is 4. The van der Waals surface area contributed by atoms with E-state index in [1.165, 1.54) is 44.7 Å². The Bertz CT molecular complexity index is 1860. The number of nitrogens with zero attached hydrogens (tertiary/aromatic N) is 2. The third kappa shape index (κ3) is 15.4. The Morgan fingerprint density at radius 1 is 0.925 bits per heavy atom. The van der Waals surface area contributed by atoms with Crippen molar-refractivity contribution < 1.29 is 58.0 Å². The van der Waals surface area contributed by atoms with E-state index < -0.39 is 126 Å². The van der Waals surface area contributed by atoms with Gasteiger partial charge in [0.25, 0.3) is 0 Å². The van der Waals surface area contributed by atoms with Crippen molar-refractivity contribution in [2.75, 3.05) is 20.7 Å². The number of hydrogen-bond donors (Lipinski definition) is 6. The number of ketones is 1. The normalized spacial score (nSPS) is 28.9. The number of ether oxygens (including phenoxy) is 3. The zero-order valence-corrected chi connectivity index (χ0v) is 42.0. The number of nitrogens with one attached hydrogen (secondary N) is 3. The second-order valence-corrected chi connectivity index (χ2v) is 20.0. The summed E-state index contributed by atoms with van der Waals surface area (Å²) in [6.45, 7) is 18.8. The first kappa shape index (κ1) is 56.7. The minimum atomic E-state index is -1.90. The predicted octanol–water partition coefficient (Wildman–Crippen LogP) is 2.63. The van der Waals surface area contributed by atoms with E-state index in [4.69, 9.17) is 19.9 Å². The minimum absolute atomic E-state index is 0.0482. The van der Waals surface area contributed by atoms with Crippen molar-refractivity contribution in [2.24, 2.45) is 35.3 Å². The summed E-state index contributed by atoms with van der Waals surface area (Å²) >= 11 is 0. The third-order valence-corrected chi connectivity index (χ3v) is 13.1. The summed E-state index contributed by atoms with van der Waals surface area (Å²) in [6, 6.07) is -0.0893. The molecule has 0 aromatic heterocycles. The summed E-state index contributed by atoms with van der Waals surface area (Å²) in [5.41, 5.74) is 5.21. The van der Waals surface area contributed by atoms with Crippen molar-refractivity contribution in [3.8, 4) is 5.75 Å². The maximum Gasteiger partial charge on any atom is 0.329 e. The fourth-order valence-corrected chi connectivity index (χ4v) is 8.63. The molecule has 18 nitrogen and oxygen atoms in total. The molecule has 1 aromatic rings. The van der Waals surface area contributed by atoms with Crippen LogP contribution in [0.15, 0.2) is 24.3 Å². The molecule has 0 saturated carbocycles. The molecule has 12 atom stereocenters. The number of esters is 2. The third-order valence-electron chi connectivity index (χ3n) is 13.1. The molecule has 0 bridgehead atoms. The maximum absolute atomic E-state index is 14.7. The number of benzene rings is 1. The summed E-state index contributed by atoms with van der Waals surface area (Å²) in [5, 5.41) is 31.9. The molecule has 0 radical (unpaired) electrons. The van der Waals surface area contributed by atoms with Crippen molar-refractivity contribution in [3.05, 3.63) is 29.8 Å². The van der Waals surface area contributed by atoms with E-state index in [-0.39, 0.29) is 37.6 Å². The molecule has 2 aliphatic rings. The molecule has 2 heterocycles. The lowest BCUT2D eigenvalue weighted by molar-refractivity contribution is -0.163. The number of Topliss-reactive ketones (excluding diaryl/α,β-unsaturated/α-hetero) is 1. The molecule has 3 rings (SSSR count). The Morgan fingerprint density at radius 3 is 2.10 bits per heavy atom. The Balaban J connectivity index is 2.24. The van der Waals surface area contributed by atoms with E-state index in [1.54, 1.807) is 45.0 Å². The summed E-state index contributed by atoms with van der Waals surface area (Å²) in [5.74, 6) is -7.15. The van der Waals surface area contributed by atoms with Gasteiger partial charge >= 0.3 is 11.9 Å². The molecular formula is C49H80N6O12. The van der Waals surface area contributed by atoms with Gasteiger partial charge < -0.3 is 50.6 Å². The Hall–Kier alpha value is -4.65. The lowest BCUT2D eigenvalue weighted by Crippen LogP contribution is -2.66. The second-order valence-electron chi connectivity index (χ2n) is 20.0. The van der Waals surface area contributed by atoms with Gasteiger partial charge in [-0.05, 0) is 87.8 Å². The first-order valence-electron chi connectivity index (χ1n) is 23.9. The molecule has 378 valence electrons. The number of carbonyl (C=O) groups is 7. The fourth-order valence-electron chi connectivity index (χ4n) is 8.63. The molecule has 0 unspecified atom stereocenters. The van der Waals surface area contributed by atoms with E-state index in [0.717, 1.165) is 0 Å². The molecule has 18 heteroatoms. The van der Waals surface area contributed by atoms with Gasteiger partial charge in [0.15, 0.2) is 11.9 Å². The number of carbonyl (C=O) groups excluding carboxylic acids is 7. The number of cyclic esters (lactones) is 2. The first-order chi connectivity index (χ1) is 31.2. The minimum Gasteiger partial charge on any atom is -0.497 e. The van der Waals surface area contributed by atoms with Crippen LogP contribution in [0.3, 0.4) is 0 Å². The Labute approximate surface area is 397 Å². The van der Waals surface area contributed by atoms with Gasteiger partial charge in [0.2, 0.25) is 23.6 Å². The van der Waals surface area contributed by atoms with Crippen LogP contribution in [-0.2, 0) is 49.5 Å². The zero-order valence-electron chi connectivity index (χ0n) is 42.0. The van der Waals surface area contributed by atoms with Gasteiger partial charge in [0.1, 0.15) is 41.7 Å². The SMILES string of the molecule is CC[C@H](C)[C@H]1NC(=O)[C@@H](N[C@](C)(O)[C@@H](N)CC(C)C)[C@@H](C)OC(=O)[C@H](Cc2ccc(OC)cc2)N(C)C(=O)[C@@H]2CCCN2C(=O)[C@H](CC(C)C)NC(=O)[C@@H](C)C(=O)[C@H](C(C)C)OC(=O)C[C@@H]1O. The number of nitrogens with two attached hydrogens (primary N) is 1. The number of methoxy groups -OCH3 is 1. The fraction of sp³-hybridized carbons (Fsp3) is 0.735. The van der Waals surface area contributed by atoms with Gasteiger partial charge in [-0.25, -0.2) is 4.79 Å². The van der Waals surface area contributed by atoms with E-state index in [1.807, 2.05) is 34.6 Å². The van der Waals surface area contributed by atoms with E-state index in [2.05, 4.69) is 16.0 Å². The Kier molecular flexibility index (Phi) is 21.2. The number of fused-ring (bicyclic) bond motifs is 1. The molecular weight excluding hydrogens is 865 g/mol. The molecule has 2 saturated heterocycles. The maximum atomic E-state index is 14.7. The van der Waals surface area contributed by atoms with Crippen molar-refractivity contribution >= 4 is 41.4 Å². The summed E-state index contributed by atoms with van der Waals surface area (Å²) < 4.78 is 17.1. The highest BCUT2D eigenvalue weighted by Crippen LogP contribution is 2.26. The van der Waals surface area contributed by atoms with Crippen LogP contribution in [0.5, 0.6) is 5.75 Å². The number of rotatable bonds is 13. The quantitative estimate of drug-likeness (QED) is 0.0945. The van der Waals surface area contributed by atoms with Gasteiger partial charge in [-0.15, -0.1) is 0 Å². The van der Waals surface area contributed by atoms with Gasteiger partial charge in [0.05, 0.1) is 31.6 Å². The van der Waals surface area contributed by atoms with Crippen LogP contribution in [0.4, 0.5) is 0 Å². The van der Waals surface area contributed by atoms with Crippen molar-refractivity contribution in [2.45, 2.75) is 181 Å². The lowest BCUT2D eigenvalue weighted by Gasteiger charge is -2.39. The Morgan fingerprint density at radius 2 is 1.55 bits per heavy atom. The van der Waals surface area contributed by atoms with Crippen LogP contribution in [0.1, 0.15) is 120 Å². The molecule has 67 heavy (non-hydrogen) atoms. The average molecular weight is 945 g/mol. The number of aliphatic hydroxyl groups is 2. The second kappa shape index (κ2) is 25.1. The molecule has 0 aliphatic carbocycles. The molecule has 2 fully saturated rings. The van der Waals surface area contributed by atoms with E-state index in [9.17, 15) is 43.8 Å². The molecule has 1 aromatic carbocycles. The van der Waals surface area contributed by atoms with Crippen LogP contribution in [0.25, 0.3) is 0 Å². The van der Waals surface area contributed by atoms with Gasteiger partial charge in [0, 0.05) is 26.1 Å². The lowest BCUT2D eigenvalue weighted by atomic mass is 9.91. The zero-order chi connectivity index (χ0) is 50.7. The largest absolute Gasteiger partial charge is 0.497 e. The molecule has 2 aliphatic heterocycles. The highest BCUT2D eigenvalue weighted by atomic mass is 16.6. The van der Waals surface area contributed by atoms with Gasteiger partial charge in [-0.2, -0.15) is 0 Å². The topological polar surface area (TPSA) is 256 Å². The van der Waals surface area contributed by atoms with Crippen LogP contribution in [-0.4, -0.2) is 142 Å². The molecule has 4 amide bonds. The number of hydrogen-bond acceptors (Lipinski definition) is 14. The van der Waals surface area contributed by atoms with Crippen molar-refractivity contribution in [3.63, 3.8) is 0 Å². The highest BCUT2D eigenvalue weighted by molar-refractivity contribution is 6.05. The van der Waals surface area contributed by atoms with Crippen molar-refractivity contribution in [1.29, 1.82) is 0 Å². The smallest absolute Gasteiger partial charge is 0.329 e. The highest BCUT2D eigenvalue weighted by Gasteiger charge is 2.45. The summed E-state index contributed by atoms with van der Waals surface area (Å²) in [4.78, 5) is 102. The van der Waals surface area contributed by atoms with Crippen LogP contribution in [0, 0.1) is 29.6 Å². The van der Waals surface area contributed by atoms with Gasteiger partial charge in [-0.1, -0.05) is 73.9 Å². The average Bonchev–Trinajstić information content (AvgIpc) is 3.76. The van der Waals surface area contributed by atoms with E-state index in [0.29, 0.717) is 30.6 Å². The van der Waals surface area contributed by atoms with Crippen LogP contribution in [0.2, 0.25) is 0 Å². The standard InChI is InChI=1S/C49H80N6O12/c1-14-29(8)40-37(56)25-39(57)67-43(28(6)7)42(58)30(9)44(59)51-34(22-26(2)3)46(61)55-21-15-16-35(55)47(62)54(12)36(24-32-17-19-33(65-13)20-18-32)48(63)66-31(10)41(45(60)52-40)53-49(11,64)38(50)23-27(4)5/h17-20,26-31,34-38,40-41,43,53,56,64H,14-16,21-25,50H2,1-13H3,(H,51,59)(H,52,60)/t29-,30-,31+,34-,35-,36-,37-,38-,40+,41-,43-,49+/m0/s1. The predicted molar refractivity (Wildman–Crippen MR) is 251 cm³/mol. The van der Waals surface area contributed by atoms with Crippen molar-refractivity contribution in [1.82, 2.24) is 25.8 Å². The number of aliphatic hydroxyl groups excluding tert-OH is 1. The molecule has 7 N–H and O–H groups in total.